The fourth-order valence-corrected chi connectivity index (χ4v) is 0.993. The van der Waals surface area contributed by atoms with Crippen LogP contribution in [-0.4, -0.2) is 24.8 Å². The first kappa shape index (κ1) is 9.01. The molecule has 0 amide bonds. The first-order chi connectivity index (χ1) is 5.14. The molecule has 0 unspecified atom stereocenters. The van der Waals surface area contributed by atoms with Crippen LogP contribution in [0.2, 0.25) is 0 Å². The molecule has 0 saturated heterocycles. The predicted octanol–water partition coefficient (Wildman–Crippen LogP) is 1.00. The van der Waals surface area contributed by atoms with Crippen LogP contribution in [0.1, 0.15) is 26.7 Å². The van der Waals surface area contributed by atoms with Crippen LogP contribution in [0.25, 0.3) is 0 Å². The van der Waals surface area contributed by atoms with E-state index in [0.29, 0.717) is 0 Å². The number of rotatable bonds is 5. The normalized spacial score (nSPS) is 18.8. The first-order valence-corrected chi connectivity index (χ1v) is 4.46. The third kappa shape index (κ3) is 3.73. The Bertz CT molecular complexity index is 119. The number of aliphatic hydroxyl groups excluding tert-OH is 1. The van der Waals surface area contributed by atoms with Crippen LogP contribution in [-0.2, 0) is 0 Å². The van der Waals surface area contributed by atoms with Crippen LogP contribution in [0.4, 0.5) is 0 Å². The maximum absolute atomic E-state index is 8.93. The molecule has 0 atom stereocenters. The zero-order valence-electron chi connectivity index (χ0n) is 7.56. The minimum Gasteiger partial charge on any atom is -0.396 e. The average molecular weight is 157 g/mol. The molecule has 2 N–H and O–H groups in total. The van der Waals surface area contributed by atoms with Crippen LogP contribution in [0.3, 0.4) is 0 Å². The van der Waals surface area contributed by atoms with Crippen molar-refractivity contribution in [3.8, 4) is 0 Å². The van der Waals surface area contributed by atoms with Gasteiger partial charge in [-0.25, -0.2) is 0 Å². The highest BCUT2D eigenvalue weighted by molar-refractivity contribution is 4.77. The molecule has 1 fully saturated rings. The highest BCUT2D eigenvalue weighted by atomic mass is 16.3. The summed E-state index contributed by atoms with van der Waals surface area (Å²) >= 11 is 0. The molecule has 1 aliphatic rings. The van der Waals surface area contributed by atoms with Gasteiger partial charge in [0.05, 0.1) is 0 Å². The highest BCUT2D eigenvalue weighted by Crippen LogP contribution is 2.27. The van der Waals surface area contributed by atoms with E-state index in [1.54, 1.807) is 0 Å². The van der Waals surface area contributed by atoms with Crippen molar-refractivity contribution < 1.29 is 5.11 Å². The fraction of sp³-hybridized carbons (Fsp3) is 1.00. The third-order valence-corrected chi connectivity index (χ3v) is 2.16. The molecule has 0 spiro atoms. The summed E-state index contributed by atoms with van der Waals surface area (Å²) in [7, 11) is 0. The topological polar surface area (TPSA) is 32.3 Å². The Morgan fingerprint density at radius 3 is 2.55 bits per heavy atom. The molecule has 1 rings (SSSR count). The van der Waals surface area contributed by atoms with Gasteiger partial charge in [0.2, 0.25) is 0 Å². The minimum atomic E-state index is 0.0505. The van der Waals surface area contributed by atoms with Crippen LogP contribution in [0.15, 0.2) is 0 Å². The Balaban J connectivity index is 1.99. The van der Waals surface area contributed by atoms with E-state index in [9.17, 15) is 0 Å². The van der Waals surface area contributed by atoms with E-state index < -0.39 is 0 Å². The van der Waals surface area contributed by atoms with Crippen molar-refractivity contribution in [2.75, 3.05) is 19.7 Å². The first-order valence-electron chi connectivity index (χ1n) is 4.46. The summed E-state index contributed by atoms with van der Waals surface area (Å²) in [6.07, 6.45) is 2.79. The van der Waals surface area contributed by atoms with E-state index in [4.69, 9.17) is 5.11 Å². The largest absolute Gasteiger partial charge is 0.396 e. The third-order valence-electron chi connectivity index (χ3n) is 2.16. The van der Waals surface area contributed by atoms with Gasteiger partial charge < -0.3 is 10.4 Å². The van der Waals surface area contributed by atoms with Gasteiger partial charge in [-0.2, -0.15) is 0 Å². The molecule has 0 aromatic heterocycles. The zero-order valence-corrected chi connectivity index (χ0v) is 7.56. The van der Waals surface area contributed by atoms with E-state index >= 15 is 0 Å². The SMILES string of the molecule is CC(C)(CO)CNCC1CC1. The summed E-state index contributed by atoms with van der Waals surface area (Å²) < 4.78 is 0. The van der Waals surface area contributed by atoms with E-state index in [1.165, 1.54) is 12.8 Å². The van der Waals surface area contributed by atoms with Gasteiger partial charge in [0, 0.05) is 18.6 Å². The predicted molar refractivity (Wildman–Crippen MR) is 46.5 cm³/mol. The van der Waals surface area contributed by atoms with E-state index in [1.807, 2.05) is 0 Å². The molecule has 0 bridgehead atoms. The Labute approximate surface area is 69.0 Å². The molecule has 66 valence electrons. The zero-order chi connectivity index (χ0) is 8.32. The number of hydrogen-bond acceptors (Lipinski definition) is 2. The second-order valence-corrected chi connectivity index (χ2v) is 4.40. The van der Waals surface area contributed by atoms with E-state index in [-0.39, 0.29) is 12.0 Å². The van der Waals surface area contributed by atoms with Crippen molar-refractivity contribution in [1.82, 2.24) is 5.32 Å². The number of hydrogen-bond donors (Lipinski definition) is 2. The van der Waals surface area contributed by atoms with E-state index in [0.717, 1.165) is 19.0 Å². The molecule has 11 heavy (non-hydrogen) atoms. The van der Waals surface area contributed by atoms with Gasteiger partial charge in [0.1, 0.15) is 0 Å². The smallest absolute Gasteiger partial charge is 0.0494 e. The summed E-state index contributed by atoms with van der Waals surface area (Å²) in [4.78, 5) is 0. The van der Waals surface area contributed by atoms with Gasteiger partial charge in [0.25, 0.3) is 0 Å². The second-order valence-electron chi connectivity index (χ2n) is 4.40. The van der Waals surface area contributed by atoms with Crippen LogP contribution in [0.5, 0.6) is 0 Å². The minimum absolute atomic E-state index is 0.0505. The molecule has 0 aromatic carbocycles. The summed E-state index contributed by atoms with van der Waals surface area (Å²) in [5, 5.41) is 12.3. The Morgan fingerprint density at radius 1 is 1.45 bits per heavy atom. The van der Waals surface area contributed by atoms with Gasteiger partial charge in [-0.15, -0.1) is 0 Å². The molecule has 0 aromatic rings. The van der Waals surface area contributed by atoms with Crippen molar-refractivity contribution in [2.45, 2.75) is 26.7 Å². The molecule has 1 aliphatic carbocycles. The Morgan fingerprint density at radius 2 is 2.09 bits per heavy atom. The summed E-state index contributed by atoms with van der Waals surface area (Å²) in [6.45, 7) is 6.49. The van der Waals surface area contributed by atoms with Crippen molar-refractivity contribution in [2.24, 2.45) is 11.3 Å². The lowest BCUT2D eigenvalue weighted by Crippen LogP contribution is -2.33. The van der Waals surface area contributed by atoms with E-state index in [2.05, 4.69) is 19.2 Å². The maximum atomic E-state index is 8.93. The van der Waals surface area contributed by atoms with Gasteiger partial charge in [0.15, 0.2) is 0 Å². The second kappa shape index (κ2) is 3.55. The summed E-state index contributed by atoms with van der Waals surface area (Å²) in [5.41, 5.74) is 0.0505. The lowest BCUT2D eigenvalue weighted by Gasteiger charge is -2.21. The standard InChI is InChI=1S/C9H19NO/c1-9(2,7-11)6-10-5-8-3-4-8/h8,10-11H,3-7H2,1-2H3. The van der Waals surface area contributed by atoms with Crippen molar-refractivity contribution in [3.63, 3.8) is 0 Å². The Kier molecular flexibility index (Phi) is 2.90. The fourth-order valence-electron chi connectivity index (χ4n) is 0.993. The Hall–Kier alpha value is -0.0800. The summed E-state index contributed by atoms with van der Waals surface area (Å²) in [5.74, 6) is 0.935. The van der Waals surface area contributed by atoms with Crippen LogP contribution < -0.4 is 5.32 Å². The average Bonchev–Trinajstić information content (AvgIpc) is 2.71. The van der Waals surface area contributed by atoms with Crippen molar-refractivity contribution in [3.05, 3.63) is 0 Å². The monoisotopic (exact) mass is 157 g/mol. The van der Waals surface area contributed by atoms with Crippen LogP contribution >= 0.6 is 0 Å². The molecule has 2 nitrogen and oxygen atoms in total. The van der Waals surface area contributed by atoms with Gasteiger partial charge in [-0.3, -0.25) is 0 Å². The van der Waals surface area contributed by atoms with Crippen LogP contribution in [0, 0.1) is 11.3 Å². The van der Waals surface area contributed by atoms with Gasteiger partial charge in [-0.05, 0) is 25.3 Å². The molecule has 2 heteroatoms. The maximum Gasteiger partial charge on any atom is 0.0494 e. The quantitative estimate of drug-likeness (QED) is 0.624. The highest BCUT2D eigenvalue weighted by Gasteiger charge is 2.22. The molecule has 0 radical (unpaired) electrons. The molecule has 0 aliphatic heterocycles. The lowest BCUT2D eigenvalue weighted by molar-refractivity contribution is 0.157. The van der Waals surface area contributed by atoms with Gasteiger partial charge in [-0.1, -0.05) is 13.8 Å². The number of nitrogens with one attached hydrogen (secondary N) is 1. The molecular weight excluding hydrogens is 138 g/mol. The van der Waals surface area contributed by atoms with Gasteiger partial charge >= 0.3 is 0 Å². The molecule has 1 saturated carbocycles. The number of aliphatic hydroxyl groups is 1. The molecule has 0 heterocycles. The summed E-state index contributed by atoms with van der Waals surface area (Å²) in [6, 6.07) is 0. The van der Waals surface area contributed by atoms with Crippen molar-refractivity contribution in [1.29, 1.82) is 0 Å². The lowest BCUT2D eigenvalue weighted by atomic mass is 9.95. The molecular formula is C9H19NO. The van der Waals surface area contributed by atoms with Crippen molar-refractivity contribution >= 4 is 0 Å².